The molecule has 2 N–H and O–H groups in total. The summed E-state index contributed by atoms with van der Waals surface area (Å²) in [5.41, 5.74) is 1.77. The molecule has 1 aliphatic rings. The van der Waals surface area contributed by atoms with E-state index in [2.05, 4.69) is 5.32 Å². The standard InChI is InChI=1S/C15H13NO4/c1-9-6-10(2-4-12(9)17)15(18)16-11-3-5-13-14(7-11)20-8-19-13/h2-7,17H,8H2,1H3,(H,16,18). The van der Waals surface area contributed by atoms with Crippen LogP contribution in [0.5, 0.6) is 17.2 Å². The van der Waals surface area contributed by atoms with Gasteiger partial charge in [-0.15, -0.1) is 0 Å². The van der Waals surface area contributed by atoms with Crippen molar-refractivity contribution in [3.05, 3.63) is 47.5 Å². The third kappa shape index (κ3) is 2.25. The summed E-state index contributed by atoms with van der Waals surface area (Å²) in [7, 11) is 0. The number of anilines is 1. The molecular weight excluding hydrogens is 258 g/mol. The minimum atomic E-state index is -0.244. The number of benzene rings is 2. The highest BCUT2D eigenvalue weighted by molar-refractivity contribution is 6.04. The van der Waals surface area contributed by atoms with Gasteiger partial charge in [0, 0.05) is 17.3 Å². The van der Waals surface area contributed by atoms with E-state index in [9.17, 15) is 9.90 Å². The highest BCUT2D eigenvalue weighted by Gasteiger charge is 2.14. The molecule has 1 heterocycles. The first-order valence-electron chi connectivity index (χ1n) is 6.14. The average Bonchev–Trinajstić information content (AvgIpc) is 2.89. The van der Waals surface area contributed by atoms with Crippen molar-refractivity contribution in [1.29, 1.82) is 0 Å². The van der Waals surface area contributed by atoms with Crippen LogP contribution in [0.15, 0.2) is 36.4 Å². The van der Waals surface area contributed by atoms with Crippen molar-refractivity contribution in [3.8, 4) is 17.2 Å². The number of aryl methyl sites for hydroxylation is 1. The number of ether oxygens (including phenoxy) is 2. The Morgan fingerprint density at radius 3 is 2.75 bits per heavy atom. The summed E-state index contributed by atoms with van der Waals surface area (Å²) in [6, 6.07) is 9.93. The largest absolute Gasteiger partial charge is 0.508 e. The first-order chi connectivity index (χ1) is 9.63. The molecule has 3 rings (SSSR count). The van der Waals surface area contributed by atoms with Crippen molar-refractivity contribution in [1.82, 2.24) is 0 Å². The van der Waals surface area contributed by atoms with Crippen LogP contribution in [0.25, 0.3) is 0 Å². The van der Waals surface area contributed by atoms with E-state index < -0.39 is 0 Å². The lowest BCUT2D eigenvalue weighted by Gasteiger charge is -2.07. The molecule has 2 aromatic rings. The maximum absolute atomic E-state index is 12.1. The number of carbonyl (C=O) groups is 1. The van der Waals surface area contributed by atoms with Crippen molar-refractivity contribution >= 4 is 11.6 Å². The first-order valence-corrected chi connectivity index (χ1v) is 6.14. The molecule has 0 saturated carbocycles. The Morgan fingerprint density at radius 1 is 1.15 bits per heavy atom. The number of phenolic OH excluding ortho intramolecular Hbond substituents is 1. The molecule has 2 aromatic carbocycles. The van der Waals surface area contributed by atoms with Gasteiger partial charge in [0.2, 0.25) is 6.79 Å². The quantitative estimate of drug-likeness (QED) is 0.881. The molecule has 5 heteroatoms. The predicted octanol–water partition coefficient (Wildman–Crippen LogP) is 2.68. The number of phenols is 1. The molecule has 1 aliphatic heterocycles. The number of rotatable bonds is 2. The molecule has 0 aliphatic carbocycles. The Labute approximate surface area is 115 Å². The fourth-order valence-electron chi connectivity index (χ4n) is 1.97. The highest BCUT2D eigenvalue weighted by atomic mass is 16.7. The third-order valence-electron chi connectivity index (χ3n) is 3.09. The third-order valence-corrected chi connectivity index (χ3v) is 3.09. The molecule has 0 atom stereocenters. The van der Waals surface area contributed by atoms with Gasteiger partial charge in [0.1, 0.15) is 5.75 Å². The van der Waals surface area contributed by atoms with Crippen molar-refractivity contribution in [2.24, 2.45) is 0 Å². The Bertz CT molecular complexity index is 682. The zero-order valence-corrected chi connectivity index (χ0v) is 10.8. The summed E-state index contributed by atoms with van der Waals surface area (Å²) in [4.78, 5) is 12.1. The topological polar surface area (TPSA) is 67.8 Å². The molecular formula is C15H13NO4. The van der Waals surface area contributed by atoms with Crippen LogP contribution in [0.1, 0.15) is 15.9 Å². The lowest BCUT2D eigenvalue weighted by Crippen LogP contribution is -2.11. The van der Waals surface area contributed by atoms with Gasteiger partial charge in [0.25, 0.3) is 5.91 Å². The fraction of sp³-hybridized carbons (Fsp3) is 0.133. The summed E-state index contributed by atoms with van der Waals surface area (Å²) >= 11 is 0. The summed E-state index contributed by atoms with van der Waals surface area (Å²) < 4.78 is 10.5. The lowest BCUT2D eigenvalue weighted by atomic mass is 10.1. The normalized spacial score (nSPS) is 12.2. The van der Waals surface area contributed by atoms with E-state index >= 15 is 0 Å². The number of nitrogens with one attached hydrogen (secondary N) is 1. The highest BCUT2D eigenvalue weighted by Crippen LogP contribution is 2.34. The number of amides is 1. The van der Waals surface area contributed by atoms with Gasteiger partial charge in [0.05, 0.1) is 0 Å². The number of fused-ring (bicyclic) bond motifs is 1. The minimum absolute atomic E-state index is 0.171. The van der Waals surface area contributed by atoms with E-state index in [4.69, 9.17) is 9.47 Å². The number of hydrogen-bond acceptors (Lipinski definition) is 4. The van der Waals surface area contributed by atoms with Crippen LogP contribution in [0.3, 0.4) is 0 Å². The van der Waals surface area contributed by atoms with Gasteiger partial charge in [-0.3, -0.25) is 4.79 Å². The molecule has 20 heavy (non-hydrogen) atoms. The van der Waals surface area contributed by atoms with Crippen LogP contribution in [-0.4, -0.2) is 17.8 Å². The van der Waals surface area contributed by atoms with E-state index in [1.165, 1.54) is 6.07 Å². The van der Waals surface area contributed by atoms with Crippen LogP contribution >= 0.6 is 0 Å². The van der Waals surface area contributed by atoms with Gasteiger partial charge in [-0.2, -0.15) is 0 Å². The second-order valence-electron chi connectivity index (χ2n) is 4.52. The molecule has 0 spiro atoms. The van der Waals surface area contributed by atoms with Gasteiger partial charge in [0.15, 0.2) is 11.5 Å². The van der Waals surface area contributed by atoms with Crippen molar-refractivity contribution in [3.63, 3.8) is 0 Å². The van der Waals surface area contributed by atoms with Crippen LogP contribution < -0.4 is 14.8 Å². The SMILES string of the molecule is Cc1cc(C(=O)Nc2ccc3c(c2)OCO3)ccc1O. The summed E-state index contributed by atoms with van der Waals surface area (Å²) in [5.74, 6) is 1.21. The maximum atomic E-state index is 12.1. The summed E-state index contributed by atoms with van der Waals surface area (Å²) in [6.07, 6.45) is 0. The van der Waals surface area contributed by atoms with Crippen molar-refractivity contribution < 1.29 is 19.4 Å². The Morgan fingerprint density at radius 2 is 1.95 bits per heavy atom. The van der Waals surface area contributed by atoms with Gasteiger partial charge in [-0.25, -0.2) is 0 Å². The van der Waals surface area contributed by atoms with Crippen LogP contribution in [0, 0.1) is 6.92 Å². The van der Waals surface area contributed by atoms with Crippen LogP contribution in [-0.2, 0) is 0 Å². The van der Waals surface area contributed by atoms with Crippen molar-refractivity contribution in [2.45, 2.75) is 6.92 Å². The Balaban J connectivity index is 1.80. The van der Waals surface area contributed by atoms with E-state index in [1.807, 2.05) is 0 Å². The lowest BCUT2D eigenvalue weighted by molar-refractivity contribution is 0.102. The van der Waals surface area contributed by atoms with E-state index in [1.54, 1.807) is 37.3 Å². The molecule has 1 amide bonds. The number of aromatic hydroxyl groups is 1. The molecule has 0 radical (unpaired) electrons. The van der Waals surface area contributed by atoms with Crippen molar-refractivity contribution in [2.75, 3.05) is 12.1 Å². The zero-order chi connectivity index (χ0) is 14.1. The molecule has 0 saturated heterocycles. The second kappa shape index (κ2) is 4.77. The Kier molecular flexibility index (Phi) is 2.95. The van der Waals surface area contributed by atoms with Gasteiger partial charge in [-0.1, -0.05) is 0 Å². The monoisotopic (exact) mass is 271 g/mol. The summed E-state index contributed by atoms with van der Waals surface area (Å²) in [5, 5.41) is 12.2. The van der Waals surface area contributed by atoms with Gasteiger partial charge >= 0.3 is 0 Å². The second-order valence-corrected chi connectivity index (χ2v) is 4.52. The Hall–Kier alpha value is -2.69. The molecule has 0 bridgehead atoms. The van der Waals surface area contributed by atoms with Crippen LogP contribution in [0.2, 0.25) is 0 Å². The van der Waals surface area contributed by atoms with Gasteiger partial charge in [-0.05, 0) is 42.8 Å². The number of hydrogen-bond donors (Lipinski definition) is 2. The van der Waals surface area contributed by atoms with E-state index in [0.29, 0.717) is 28.3 Å². The van der Waals surface area contributed by atoms with E-state index in [-0.39, 0.29) is 18.4 Å². The molecule has 0 unspecified atom stereocenters. The first kappa shape index (κ1) is 12.3. The smallest absolute Gasteiger partial charge is 0.255 e. The molecule has 0 fully saturated rings. The van der Waals surface area contributed by atoms with E-state index in [0.717, 1.165) is 0 Å². The average molecular weight is 271 g/mol. The number of carbonyl (C=O) groups excluding carboxylic acids is 1. The van der Waals surface area contributed by atoms with Gasteiger partial charge < -0.3 is 19.9 Å². The zero-order valence-electron chi connectivity index (χ0n) is 10.8. The molecule has 5 nitrogen and oxygen atoms in total. The summed E-state index contributed by atoms with van der Waals surface area (Å²) in [6.45, 7) is 1.94. The maximum Gasteiger partial charge on any atom is 0.255 e. The predicted molar refractivity (Wildman–Crippen MR) is 73.4 cm³/mol. The fourth-order valence-corrected chi connectivity index (χ4v) is 1.97. The van der Waals surface area contributed by atoms with Crippen LogP contribution in [0.4, 0.5) is 5.69 Å². The minimum Gasteiger partial charge on any atom is -0.508 e. The molecule has 102 valence electrons. The molecule has 0 aromatic heterocycles.